The van der Waals surface area contributed by atoms with Crippen LogP contribution in [0.15, 0.2) is 22.7 Å². The Morgan fingerprint density at radius 3 is 2.94 bits per heavy atom. The van der Waals surface area contributed by atoms with Crippen LogP contribution in [0, 0.1) is 11.7 Å². The minimum Gasteiger partial charge on any atom is -0.493 e. The van der Waals surface area contributed by atoms with Crippen LogP contribution in [0.5, 0.6) is 5.75 Å². The maximum atomic E-state index is 13.2. The Morgan fingerprint density at radius 1 is 1.53 bits per heavy atom. The average Bonchev–Trinajstić information content (AvgIpc) is 3.12. The summed E-state index contributed by atoms with van der Waals surface area (Å²) in [5.41, 5.74) is 0. The van der Waals surface area contributed by atoms with Gasteiger partial charge in [-0.3, -0.25) is 0 Å². The highest BCUT2D eigenvalue weighted by molar-refractivity contribution is 9.10. The summed E-state index contributed by atoms with van der Waals surface area (Å²) in [4.78, 5) is 0. The first-order chi connectivity index (χ1) is 8.15. The van der Waals surface area contributed by atoms with Gasteiger partial charge >= 0.3 is 0 Å². The fourth-order valence-electron chi connectivity index (χ4n) is 1.52. The normalized spacial score (nSPS) is 16.9. The maximum absolute atomic E-state index is 13.2. The molecule has 17 heavy (non-hydrogen) atoms. The second kappa shape index (κ2) is 5.83. The van der Waals surface area contributed by atoms with E-state index in [4.69, 9.17) is 4.74 Å². The summed E-state index contributed by atoms with van der Waals surface area (Å²) in [5, 5.41) is 3.45. The van der Waals surface area contributed by atoms with Gasteiger partial charge in [-0.25, -0.2) is 4.39 Å². The van der Waals surface area contributed by atoms with Gasteiger partial charge in [0.2, 0.25) is 0 Å². The van der Waals surface area contributed by atoms with Crippen LogP contribution in [-0.2, 0) is 0 Å². The van der Waals surface area contributed by atoms with Crippen molar-refractivity contribution in [1.82, 2.24) is 5.32 Å². The molecule has 0 bridgehead atoms. The number of ether oxygens (including phenoxy) is 1. The summed E-state index contributed by atoms with van der Waals surface area (Å²) < 4.78 is 19.2. The van der Waals surface area contributed by atoms with E-state index in [1.54, 1.807) is 12.1 Å². The van der Waals surface area contributed by atoms with Crippen molar-refractivity contribution in [3.8, 4) is 5.75 Å². The van der Waals surface area contributed by atoms with E-state index in [0.29, 0.717) is 22.7 Å². The molecule has 0 spiro atoms. The molecule has 0 aliphatic heterocycles. The van der Waals surface area contributed by atoms with Crippen molar-refractivity contribution >= 4 is 15.9 Å². The molecule has 0 radical (unpaired) electrons. The summed E-state index contributed by atoms with van der Waals surface area (Å²) in [7, 11) is 0. The van der Waals surface area contributed by atoms with Gasteiger partial charge in [-0.05, 0) is 40.9 Å². The number of hydrogen-bond donors (Lipinski definition) is 1. The largest absolute Gasteiger partial charge is 0.493 e. The van der Waals surface area contributed by atoms with Crippen molar-refractivity contribution in [1.29, 1.82) is 0 Å². The van der Waals surface area contributed by atoms with E-state index in [9.17, 15) is 4.39 Å². The first-order valence-corrected chi connectivity index (χ1v) is 6.75. The monoisotopic (exact) mass is 301 g/mol. The highest BCUT2D eigenvalue weighted by Gasteiger charge is 2.20. The molecule has 1 aromatic carbocycles. The van der Waals surface area contributed by atoms with Gasteiger partial charge in [-0.1, -0.05) is 6.92 Å². The van der Waals surface area contributed by atoms with E-state index in [2.05, 4.69) is 28.2 Å². The van der Waals surface area contributed by atoms with Crippen LogP contribution in [0.2, 0.25) is 0 Å². The summed E-state index contributed by atoms with van der Waals surface area (Å²) in [6, 6.07) is 5.57. The molecule has 0 aromatic heterocycles. The molecule has 0 saturated heterocycles. The van der Waals surface area contributed by atoms with Gasteiger partial charge in [0.25, 0.3) is 0 Å². The number of nitrogens with one attached hydrogen (secondary N) is 1. The van der Waals surface area contributed by atoms with E-state index in [1.165, 1.54) is 18.9 Å². The number of rotatable bonds is 6. The Balaban J connectivity index is 1.73. The lowest BCUT2D eigenvalue weighted by atomic mass is 10.2. The molecule has 1 saturated carbocycles. The first-order valence-electron chi connectivity index (χ1n) is 5.96. The molecule has 1 atom stereocenters. The van der Waals surface area contributed by atoms with E-state index in [-0.39, 0.29) is 5.82 Å². The number of benzene rings is 1. The van der Waals surface area contributed by atoms with Crippen LogP contribution in [0.25, 0.3) is 0 Å². The Labute approximate surface area is 110 Å². The standard InChI is InChI=1S/C13H17BrFNO/c1-9(7-16-10-2-3-10)8-17-11-4-5-12(14)13(15)6-11/h4-6,9-10,16H,2-3,7-8H2,1H3. The Morgan fingerprint density at radius 2 is 2.29 bits per heavy atom. The van der Waals surface area contributed by atoms with Gasteiger partial charge in [0, 0.05) is 24.6 Å². The maximum Gasteiger partial charge on any atom is 0.141 e. The Bertz CT molecular complexity index is 382. The highest BCUT2D eigenvalue weighted by Crippen LogP contribution is 2.21. The minimum atomic E-state index is -0.286. The van der Waals surface area contributed by atoms with Crippen molar-refractivity contribution in [2.75, 3.05) is 13.2 Å². The van der Waals surface area contributed by atoms with Crippen molar-refractivity contribution < 1.29 is 9.13 Å². The van der Waals surface area contributed by atoms with Crippen molar-refractivity contribution in [3.05, 3.63) is 28.5 Å². The molecule has 94 valence electrons. The topological polar surface area (TPSA) is 21.3 Å². The van der Waals surface area contributed by atoms with E-state index in [1.807, 2.05) is 0 Å². The molecule has 2 nitrogen and oxygen atoms in total. The van der Waals surface area contributed by atoms with Gasteiger partial charge in [-0.15, -0.1) is 0 Å². The Hall–Kier alpha value is -0.610. The molecule has 1 unspecified atom stereocenters. The van der Waals surface area contributed by atoms with Crippen LogP contribution < -0.4 is 10.1 Å². The summed E-state index contributed by atoms with van der Waals surface area (Å²) in [6.45, 7) is 3.70. The summed E-state index contributed by atoms with van der Waals surface area (Å²) in [5.74, 6) is 0.734. The molecular formula is C13H17BrFNO. The van der Waals surface area contributed by atoms with Gasteiger partial charge in [0.1, 0.15) is 11.6 Å². The van der Waals surface area contributed by atoms with Crippen molar-refractivity contribution in [2.24, 2.45) is 5.92 Å². The molecule has 1 aliphatic carbocycles. The minimum absolute atomic E-state index is 0.286. The van der Waals surface area contributed by atoms with Crippen LogP contribution in [-0.4, -0.2) is 19.2 Å². The lowest BCUT2D eigenvalue weighted by molar-refractivity contribution is 0.254. The van der Waals surface area contributed by atoms with E-state index >= 15 is 0 Å². The second-order valence-corrected chi connectivity index (χ2v) is 5.53. The molecule has 1 aromatic rings. The third kappa shape index (κ3) is 4.28. The zero-order valence-electron chi connectivity index (χ0n) is 9.88. The van der Waals surface area contributed by atoms with E-state index in [0.717, 1.165) is 12.6 Å². The predicted octanol–water partition coefficient (Wildman–Crippen LogP) is 3.36. The zero-order valence-corrected chi connectivity index (χ0v) is 11.5. The van der Waals surface area contributed by atoms with Gasteiger partial charge < -0.3 is 10.1 Å². The van der Waals surface area contributed by atoms with Crippen LogP contribution in [0.1, 0.15) is 19.8 Å². The van der Waals surface area contributed by atoms with Crippen molar-refractivity contribution in [3.63, 3.8) is 0 Å². The lowest BCUT2D eigenvalue weighted by Gasteiger charge is -2.13. The SMILES string of the molecule is CC(CNC1CC1)COc1ccc(Br)c(F)c1. The van der Waals surface area contributed by atoms with Crippen LogP contribution in [0.4, 0.5) is 4.39 Å². The third-order valence-corrected chi connectivity index (χ3v) is 3.40. The third-order valence-electron chi connectivity index (χ3n) is 2.76. The summed E-state index contributed by atoms with van der Waals surface area (Å²) >= 11 is 3.12. The molecule has 0 amide bonds. The smallest absolute Gasteiger partial charge is 0.141 e. The average molecular weight is 302 g/mol. The zero-order chi connectivity index (χ0) is 12.3. The van der Waals surface area contributed by atoms with Gasteiger partial charge in [-0.2, -0.15) is 0 Å². The van der Waals surface area contributed by atoms with Crippen molar-refractivity contribution in [2.45, 2.75) is 25.8 Å². The molecule has 0 heterocycles. The molecule has 2 rings (SSSR count). The number of hydrogen-bond acceptors (Lipinski definition) is 2. The predicted molar refractivity (Wildman–Crippen MR) is 69.8 cm³/mol. The van der Waals surface area contributed by atoms with Gasteiger partial charge in [0.15, 0.2) is 0 Å². The quantitative estimate of drug-likeness (QED) is 0.870. The van der Waals surface area contributed by atoms with Gasteiger partial charge in [0.05, 0.1) is 11.1 Å². The molecule has 1 fully saturated rings. The fourth-order valence-corrected chi connectivity index (χ4v) is 1.77. The molecule has 1 N–H and O–H groups in total. The summed E-state index contributed by atoms with van der Waals surface area (Å²) in [6.07, 6.45) is 2.59. The fraction of sp³-hybridized carbons (Fsp3) is 0.538. The second-order valence-electron chi connectivity index (χ2n) is 4.67. The van der Waals surface area contributed by atoms with Crippen LogP contribution >= 0.6 is 15.9 Å². The highest BCUT2D eigenvalue weighted by atomic mass is 79.9. The number of halogens is 2. The molecular weight excluding hydrogens is 285 g/mol. The molecule has 1 aliphatic rings. The Kier molecular flexibility index (Phi) is 4.40. The lowest BCUT2D eigenvalue weighted by Crippen LogP contribution is -2.26. The molecule has 4 heteroatoms. The van der Waals surface area contributed by atoms with Crippen LogP contribution in [0.3, 0.4) is 0 Å². The first kappa shape index (κ1) is 12.8. The van der Waals surface area contributed by atoms with E-state index < -0.39 is 0 Å².